The molecule has 0 spiro atoms. The van der Waals surface area contributed by atoms with Gasteiger partial charge < -0.3 is 4.90 Å². The van der Waals surface area contributed by atoms with Crippen molar-refractivity contribution in [1.82, 2.24) is 0 Å². The van der Waals surface area contributed by atoms with E-state index in [1.807, 2.05) is 71.6 Å². The summed E-state index contributed by atoms with van der Waals surface area (Å²) >= 11 is 0. The number of benzene rings is 8. The van der Waals surface area contributed by atoms with Crippen LogP contribution in [0.5, 0.6) is 0 Å². The first kappa shape index (κ1) is 24.3. The molecule has 0 saturated heterocycles. The summed E-state index contributed by atoms with van der Waals surface area (Å²) in [5.74, 6) is 0. The lowest BCUT2D eigenvalue weighted by atomic mass is 9.82. The minimum absolute atomic E-state index is 0.0431. The van der Waals surface area contributed by atoms with E-state index in [2.05, 4.69) is 98.8 Å². The van der Waals surface area contributed by atoms with Crippen molar-refractivity contribution in [3.8, 4) is 33.4 Å². The third-order valence-corrected chi connectivity index (χ3v) is 9.91. The highest BCUT2D eigenvalue weighted by Crippen LogP contribution is 2.51. The molecule has 0 atom stereocenters. The minimum Gasteiger partial charge on any atom is -0.310 e. The Hall–Kier alpha value is -5.92. The van der Waals surface area contributed by atoms with E-state index in [-0.39, 0.29) is 35.3 Å². The van der Waals surface area contributed by atoms with E-state index < -0.39 is 0 Å². The average Bonchev–Trinajstić information content (AvgIpc) is 3.41. The largest absolute Gasteiger partial charge is 0.310 e. The van der Waals surface area contributed by atoms with E-state index in [1.54, 1.807) is 0 Å². The van der Waals surface area contributed by atoms with Crippen molar-refractivity contribution in [3.05, 3.63) is 187 Å². The van der Waals surface area contributed by atoms with Crippen LogP contribution < -0.4 is 4.90 Å². The van der Waals surface area contributed by atoms with Crippen molar-refractivity contribution in [1.29, 1.82) is 0 Å². The van der Waals surface area contributed by atoms with Crippen molar-refractivity contribution in [2.75, 3.05) is 4.90 Å². The summed E-state index contributed by atoms with van der Waals surface area (Å²) in [6.07, 6.45) is 0. The summed E-state index contributed by atoms with van der Waals surface area (Å²) in [7, 11) is 0. The molecule has 0 aliphatic heterocycles. The maximum absolute atomic E-state index is 9.85. The zero-order chi connectivity index (χ0) is 35.7. The van der Waals surface area contributed by atoms with Crippen LogP contribution in [0.25, 0.3) is 54.9 Å². The first-order chi connectivity index (χ1) is 25.2. The van der Waals surface area contributed by atoms with Crippen LogP contribution in [0.15, 0.2) is 176 Å². The molecular weight excluding hydrogens is 579 g/mol. The Morgan fingerprint density at radius 1 is 0.458 bits per heavy atom. The second kappa shape index (κ2) is 11.1. The molecule has 0 unspecified atom stereocenters. The molecule has 1 aliphatic carbocycles. The normalized spacial score (nSPS) is 14.1. The maximum atomic E-state index is 9.85. The molecule has 1 heteroatoms. The van der Waals surface area contributed by atoms with Crippen LogP contribution in [0.2, 0.25) is 0 Å². The van der Waals surface area contributed by atoms with Gasteiger partial charge in [-0.05, 0) is 108 Å². The Bertz CT molecular complexity index is 2720. The molecule has 0 saturated carbocycles. The molecule has 9 rings (SSSR count). The summed E-state index contributed by atoms with van der Waals surface area (Å²) in [6.45, 7) is 4.49. The SMILES string of the molecule is [2H]c1c([2H])c(-c2cccc3ccccc23)c([2H])c(N(c2cccc(-c3ccc4ccccc4c3)c2)c2ccc3c(c2)C(C)(C)c2ccccc2-3)c1[2H]. The highest BCUT2D eigenvalue weighted by Gasteiger charge is 2.35. The van der Waals surface area contributed by atoms with Crippen LogP contribution in [0.1, 0.15) is 30.5 Å². The van der Waals surface area contributed by atoms with Gasteiger partial charge in [-0.1, -0.05) is 147 Å². The number of rotatable bonds is 5. The first-order valence-electron chi connectivity index (χ1n) is 18.4. The molecule has 0 N–H and O–H groups in total. The number of nitrogens with zero attached hydrogens (tertiary/aromatic N) is 1. The summed E-state index contributed by atoms with van der Waals surface area (Å²) in [4.78, 5) is 1.96. The van der Waals surface area contributed by atoms with Crippen LogP contribution in [-0.2, 0) is 5.41 Å². The Kier molecular flexibility index (Phi) is 5.62. The van der Waals surface area contributed by atoms with E-state index in [4.69, 9.17) is 2.74 Å². The van der Waals surface area contributed by atoms with Crippen molar-refractivity contribution in [2.45, 2.75) is 19.3 Å². The lowest BCUT2D eigenvalue weighted by Gasteiger charge is -2.29. The summed E-state index contributed by atoms with van der Waals surface area (Å²) in [6, 6.07) is 51.3. The smallest absolute Gasteiger partial charge is 0.0651 e. The van der Waals surface area contributed by atoms with Gasteiger partial charge in [-0.15, -0.1) is 0 Å². The molecule has 0 aromatic heterocycles. The first-order valence-corrected chi connectivity index (χ1v) is 16.4. The summed E-state index contributed by atoms with van der Waals surface area (Å²) in [5.41, 5.74) is 9.48. The number of fused-ring (bicyclic) bond motifs is 5. The third kappa shape index (κ3) is 4.62. The van der Waals surface area contributed by atoms with Crippen LogP contribution in [-0.4, -0.2) is 0 Å². The van der Waals surface area contributed by atoms with Crippen molar-refractivity contribution >= 4 is 38.6 Å². The van der Waals surface area contributed by atoms with Gasteiger partial charge in [0.05, 0.1) is 5.48 Å². The third-order valence-electron chi connectivity index (χ3n) is 9.91. The van der Waals surface area contributed by atoms with Crippen molar-refractivity contribution in [2.24, 2.45) is 0 Å². The summed E-state index contributed by atoms with van der Waals surface area (Å²) in [5, 5.41) is 4.20. The standard InChI is InChI=1S/C47H35N/c1-47(2)45-23-8-7-21-43(45)44-27-26-40(31-46(44)47)48(38-18-9-16-35(29-38)36-25-24-32-12-3-4-14-34(32)28-36)39-19-10-17-37(30-39)42-22-11-15-33-13-5-6-20-41(33)42/h3-31H,1-2H3/i10D,17D,19D,30D. The fraction of sp³-hybridized carbons (Fsp3) is 0.0638. The van der Waals surface area contributed by atoms with Crippen LogP contribution in [0, 0.1) is 0 Å². The summed E-state index contributed by atoms with van der Waals surface area (Å²) < 4.78 is 37.5. The van der Waals surface area contributed by atoms with Gasteiger partial charge in [0.2, 0.25) is 0 Å². The Labute approximate surface area is 288 Å². The van der Waals surface area contributed by atoms with E-state index in [0.717, 1.165) is 44.2 Å². The zero-order valence-corrected chi connectivity index (χ0v) is 26.9. The molecule has 8 aromatic rings. The van der Waals surface area contributed by atoms with E-state index in [1.165, 1.54) is 22.1 Å². The van der Waals surface area contributed by atoms with Gasteiger partial charge in [-0.2, -0.15) is 0 Å². The zero-order valence-electron chi connectivity index (χ0n) is 30.9. The van der Waals surface area contributed by atoms with Crippen molar-refractivity contribution in [3.63, 3.8) is 0 Å². The number of anilines is 3. The van der Waals surface area contributed by atoms with E-state index in [0.29, 0.717) is 11.1 Å². The molecule has 48 heavy (non-hydrogen) atoms. The van der Waals surface area contributed by atoms with Gasteiger partial charge in [-0.3, -0.25) is 0 Å². The van der Waals surface area contributed by atoms with Crippen LogP contribution >= 0.6 is 0 Å². The molecule has 0 radical (unpaired) electrons. The van der Waals surface area contributed by atoms with Crippen molar-refractivity contribution < 1.29 is 5.48 Å². The molecule has 0 amide bonds. The van der Waals surface area contributed by atoms with Gasteiger partial charge >= 0.3 is 0 Å². The number of hydrogen-bond donors (Lipinski definition) is 0. The van der Waals surface area contributed by atoms with E-state index in [9.17, 15) is 2.74 Å². The molecule has 0 heterocycles. The molecular formula is C47H35N. The minimum atomic E-state index is -0.270. The van der Waals surface area contributed by atoms with E-state index >= 15 is 0 Å². The average molecular weight is 618 g/mol. The fourth-order valence-electron chi connectivity index (χ4n) is 7.46. The Morgan fingerprint density at radius 3 is 2.06 bits per heavy atom. The molecule has 0 bridgehead atoms. The van der Waals surface area contributed by atoms with Gasteiger partial charge in [-0.25, -0.2) is 0 Å². The molecule has 1 nitrogen and oxygen atoms in total. The highest BCUT2D eigenvalue weighted by atomic mass is 15.1. The van der Waals surface area contributed by atoms with Crippen LogP contribution in [0.3, 0.4) is 0 Å². The quantitative estimate of drug-likeness (QED) is 0.186. The predicted molar refractivity (Wildman–Crippen MR) is 205 cm³/mol. The Morgan fingerprint density at radius 2 is 1.15 bits per heavy atom. The van der Waals surface area contributed by atoms with Gasteiger partial charge in [0.25, 0.3) is 0 Å². The second-order valence-corrected chi connectivity index (χ2v) is 13.1. The fourth-order valence-corrected chi connectivity index (χ4v) is 7.46. The van der Waals surface area contributed by atoms with Gasteiger partial charge in [0.1, 0.15) is 0 Å². The molecule has 0 fully saturated rings. The highest BCUT2D eigenvalue weighted by molar-refractivity contribution is 5.98. The lowest BCUT2D eigenvalue weighted by molar-refractivity contribution is 0.660. The van der Waals surface area contributed by atoms with Gasteiger partial charge in [0.15, 0.2) is 0 Å². The predicted octanol–water partition coefficient (Wildman–Crippen LogP) is 13.1. The van der Waals surface area contributed by atoms with Crippen LogP contribution in [0.4, 0.5) is 17.1 Å². The monoisotopic (exact) mass is 617 g/mol. The maximum Gasteiger partial charge on any atom is 0.0651 e. The molecule has 8 aromatic carbocycles. The van der Waals surface area contributed by atoms with Gasteiger partial charge in [0, 0.05) is 22.5 Å². The topological polar surface area (TPSA) is 3.24 Å². The number of hydrogen-bond acceptors (Lipinski definition) is 1. The Balaban J connectivity index is 1.31. The molecule has 1 aliphatic rings. The molecule has 228 valence electrons. The second-order valence-electron chi connectivity index (χ2n) is 13.1. The lowest BCUT2D eigenvalue weighted by Crippen LogP contribution is -2.16.